The number of piperidine rings is 1. The lowest BCUT2D eigenvalue weighted by Crippen LogP contribution is -2.35. The SMILES string of the molecule is NCC(=O)Nc1cccc(N2CCCCC2=O)c1. The summed E-state index contributed by atoms with van der Waals surface area (Å²) in [4.78, 5) is 24.8. The van der Waals surface area contributed by atoms with E-state index in [4.69, 9.17) is 5.73 Å². The highest BCUT2D eigenvalue weighted by atomic mass is 16.2. The summed E-state index contributed by atoms with van der Waals surface area (Å²) >= 11 is 0. The lowest BCUT2D eigenvalue weighted by atomic mass is 10.1. The van der Waals surface area contributed by atoms with Crippen LogP contribution in [0.3, 0.4) is 0 Å². The first-order valence-electron chi connectivity index (χ1n) is 6.11. The van der Waals surface area contributed by atoms with E-state index in [2.05, 4.69) is 5.32 Å². The lowest BCUT2D eigenvalue weighted by Gasteiger charge is -2.27. The highest BCUT2D eigenvalue weighted by molar-refractivity contribution is 5.96. The first-order valence-corrected chi connectivity index (χ1v) is 6.11. The van der Waals surface area contributed by atoms with Crippen molar-refractivity contribution in [3.05, 3.63) is 24.3 Å². The fraction of sp³-hybridized carbons (Fsp3) is 0.385. The van der Waals surface area contributed by atoms with Crippen LogP contribution in [0, 0.1) is 0 Å². The van der Waals surface area contributed by atoms with Crippen LogP contribution in [-0.4, -0.2) is 24.9 Å². The number of hydrogen-bond donors (Lipinski definition) is 2. The molecule has 2 rings (SSSR count). The molecule has 1 heterocycles. The van der Waals surface area contributed by atoms with Crippen molar-refractivity contribution >= 4 is 23.2 Å². The minimum absolute atomic E-state index is 0.0487. The number of nitrogens with two attached hydrogens (primary N) is 1. The molecule has 1 saturated heterocycles. The van der Waals surface area contributed by atoms with Crippen molar-refractivity contribution in [2.24, 2.45) is 5.73 Å². The molecule has 18 heavy (non-hydrogen) atoms. The van der Waals surface area contributed by atoms with Gasteiger partial charge in [0.15, 0.2) is 0 Å². The molecule has 3 N–H and O–H groups in total. The van der Waals surface area contributed by atoms with E-state index in [1.54, 1.807) is 17.0 Å². The molecule has 1 aliphatic rings. The topological polar surface area (TPSA) is 75.4 Å². The zero-order valence-electron chi connectivity index (χ0n) is 10.2. The number of hydrogen-bond acceptors (Lipinski definition) is 3. The van der Waals surface area contributed by atoms with E-state index >= 15 is 0 Å². The number of carbonyl (C=O) groups is 2. The van der Waals surface area contributed by atoms with Gasteiger partial charge in [-0.2, -0.15) is 0 Å². The number of amides is 2. The molecule has 0 atom stereocenters. The van der Waals surface area contributed by atoms with Gasteiger partial charge in [0, 0.05) is 24.3 Å². The fourth-order valence-electron chi connectivity index (χ4n) is 2.04. The van der Waals surface area contributed by atoms with Crippen LogP contribution in [0.15, 0.2) is 24.3 Å². The third kappa shape index (κ3) is 2.87. The molecule has 0 saturated carbocycles. The number of anilines is 2. The summed E-state index contributed by atoms with van der Waals surface area (Å²) in [5, 5.41) is 2.68. The summed E-state index contributed by atoms with van der Waals surface area (Å²) in [5.74, 6) is -0.0966. The molecule has 1 aromatic rings. The largest absolute Gasteiger partial charge is 0.325 e. The van der Waals surface area contributed by atoms with Crippen LogP contribution in [-0.2, 0) is 9.59 Å². The Balaban J connectivity index is 2.15. The Morgan fingerprint density at radius 1 is 1.39 bits per heavy atom. The Hall–Kier alpha value is -1.88. The molecule has 0 aliphatic carbocycles. The van der Waals surface area contributed by atoms with Gasteiger partial charge in [-0.3, -0.25) is 9.59 Å². The quantitative estimate of drug-likeness (QED) is 0.839. The van der Waals surface area contributed by atoms with E-state index in [-0.39, 0.29) is 18.4 Å². The molecule has 1 aliphatic heterocycles. The maximum Gasteiger partial charge on any atom is 0.238 e. The van der Waals surface area contributed by atoms with Crippen LogP contribution in [0.1, 0.15) is 19.3 Å². The predicted molar refractivity (Wildman–Crippen MR) is 70.3 cm³/mol. The van der Waals surface area contributed by atoms with E-state index in [1.165, 1.54) is 0 Å². The van der Waals surface area contributed by atoms with E-state index in [0.717, 1.165) is 25.1 Å². The summed E-state index contributed by atoms with van der Waals surface area (Å²) in [7, 11) is 0. The molecule has 2 amide bonds. The van der Waals surface area contributed by atoms with Crippen LogP contribution in [0.2, 0.25) is 0 Å². The second-order valence-corrected chi connectivity index (χ2v) is 4.31. The minimum atomic E-state index is -0.239. The number of nitrogens with one attached hydrogen (secondary N) is 1. The Bertz CT molecular complexity index is 459. The molecular formula is C13H17N3O2. The van der Waals surface area contributed by atoms with Gasteiger partial charge >= 0.3 is 0 Å². The molecule has 1 aromatic carbocycles. The minimum Gasteiger partial charge on any atom is -0.325 e. The molecule has 0 spiro atoms. The van der Waals surface area contributed by atoms with Crippen LogP contribution in [0.25, 0.3) is 0 Å². The molecule has 1 fully saturated rings. The normalized spacial score (nSPS) is 15.6. The lowest BCUT2D eigenvalue weighted by molar-refractivity contribution is -0.119. The summed E-state index contributed by atoms with van der Waals surface area (Å²) in [6, 6.07) is 7.28. The van der Waals surface area contributed by atoms with Crippen molar-refractivity contribution < 1.29 is 9.59 Å². The van der Waals surface area contributed by atoms with Crippen LogP contribution < -0.4 is 16.0 Å². The van der Waals surface area contributed by atoms with Crippen LogP contribution in [0.4, 0.5) is 11.4 Å². The van der Waals surface area contributed by atoms with Crippen molar-refractivity contribution in [1.29, 1.82) is 0 Å². The second-order valence-electron chi connectivity index (χ2n) is 4.31. The Morgan fingerprint density at radius 2 is 2.22 bits per heavy atom. The van der Waals surface area contributed by atoms with E-state index < -0.39 is 0 Å². The average Bonchev–Trinajstić information content (AvgIpc) is 2.39. The van der Waals surface area contributed by atoms with Crippen molar-refractivity contribution in [3.63, 3.8) is 0 Å². The summed E-state index contributed by atoms with van der Waals surface area (Å²) in [6.07, 6.45) is 2.57. The van der Waals surface area contributed by atoms with Gasteiger partial charge in [-0.1, -0.05) is 6.07 Å². The predicted octanol–water partition coefficient (Wildman–Crippen LogP) is 1.10. The molecule has 0 unspecified atom stereocenters. The first kappa shape index (κ1) is 12.6. The second kappa shape index (κ2) is 5.64. The highest BCUT2D eigenvalue weighted by Crippen LogP contribution is 2.23. The van der Waals surface area contributed by atoms with Crippen LogP contribution >= 0.6 is 0 Å². The number of nitrogens with zero attached hydrogens (tertiary/aromatic N) is 1. The van der Waals surface area contributed by atoms with Gasteiger partial charge in [0.1, 0.15) is 0 Å². The molecule has 5 heteroatoms. The van der Waals surface area contributed by atoms with Crippen molar-refractivity contribution in [1.82, 2.24) is 0 Å². The Labute approximate surface area is 106 Å². The molecular weight excluding hydrogens is 230 g/mol. The summed E-state index contributed by atoms with van der Waals surface area (Å²) < 4.78 is 0. The van der Waals surface area contributed by atoms with E-state index in [9.17, 15) is 9.59 Å². The zero-order chi connectivity index (χ0) is 13.0. The van der Waals surface area contributed by atoms with Crippen LogP contribution in [0.5, 0.6) is 0 Å². The molecule has 0 bridgehead atoms. The maximum absolute atomic E-state index is 11.8. The fourth-order valence-corrected chi connectivity index (χ4v) is 2.04. The highest BCUT2D eigenvalue weighted by Gasteiger charge is 2.19. The van der Waals surface area contributed by atoms with Gasteiger partial charge in [0.25, 0.3) is 0 Å². The van der Waals surface area contributed by atoms with Gasteiger partial charge in [-0.15, -0.1) is 0 Å². The van der Waals surface area contributed by atoms with Crippen molar-refractivity contribution in [2.75, 3.05) is 23.3 Å². The molecule has 96 valence electrons. The smallest absolute Gasteiger partial charge is 0.238 e. The van der Waals surface area contributed by atoms with Gasteiger partial charge in [-0.25, -0.2) is 0 Å². The van der Waals surface area contributed by atoms with Gasteiger partial charge in [0.05, 0.1) is 6.54 Å². The van der Waals surface area contributed by atoms with Crippen molar-refractivity contribution in [2.45, 2.75) is 19.3 Å². The molecule has 0 radical (unpaired) electrons. The standard InChI is InChI=1S/C13H17N3O2/c14-9-12(17)15-10-4-3-5-11(8-10)16-7-2-1-6-13(16)18/h3-5,8H,1-2,6-7,9,14H2,(H,15,17). The summed E-state index contributed by atoms with van der Waals surface area (Å²) in [5.41, 5.74) is 6.74. The number of carbonyl (C=O) groups excluding carboxylic acids is 2. The van der Waals surface area contributed by atoms with Crippen molar-refractivity contribution in [3.8, 4) is 0 Å². The third-order valence-electron chi connectivity index (χ3n) is 2.95. The first-order chi connectivity index (χ1) is 8.70. The molecule has 0 aromatic heterocycles. The Kier molecular flexibility index (Phi) is 3.94. The monoisotopic (exact) mass is 247 g/mol. The number of rotatable bonds is 3. The maximum atomic E-state index is 11.8. The van der Waals surface area contributed by atoms with E-state index in [0.29, 0.717) is 12.1 Å². The third-order valence-corrected chi connectivity index (χ3v) is 2.95. The van der Waals surface area contributed by atoms with Gasteiger partial charge in [-0.05, 0) is 31.0 Å². The molecule has 5 nitrogen and oxygen atoms in total. The van der Waals surface area contributed by atoms with E-state index in [1.807, 2.05) is 12.1 Å². The average molecular weight is 247 g/mol. The Morgan fingerprint density at radius 3 is 2.94 bits per heavy atom. The van der Waals surface area contributed by atoms with Gasteiger partial charge in [0.2, 0.25) is 11.8 Å². The van der Waals surface area contributed by atoms with Gasteiger partial charge < -0.3 is 16.0 Å². The number of benzene rings is 1. The zero-order valence-corrected chi connectivity index (χ0v) is 10.2. The summed E-state index contributed by atoms with van der Waals surface area (Å²) in [6.45, 7) is 0.694.